The number of hydrogen-bond donors (Lipinski definition) is 1. The molecule has 26 heavy (non-hydrogen) atoms. The van der Waals surface area contributed by atoms with Crippen molar-refractivity contribution >= 4 is 5.91 Å². The molecular formula is C20H23N3O3. The van der Waals surface area contributed by atoms with Gasteiger partial charge in [-0.2, -0.15) is 0 Å². The molecule has 3 heterocycles. The van der Waals surface area contributed by atoms with Crippen LogP contribution in [0.1, 0.15) is 34.5 Å². The number of methoxy groups -OCH3 is 2. The summed E-state index contributed by atoms with van der Waals surface area (Å²) in [5, 5.41) is 3.40. The third-order valence-corrected chi connectivity index (χ3v) is 5.42. The summed E-state index contributed by atoms with van der Waals surface area (Å²) in [6.45, 7) is 2.26. The Hall–Kier alpha value is -2.60. The molecule has 6 heteroatoms. The Kier molecular flexibility index (Phi) is 4.28. The van der Waals surface area contributed by atoms with Crippen LogP contribution in [-0.4, -0.2) is 43.1 Å². The number of pyridine rings is 1. The van der Waals surface area contributed by atoms with Gasteiger partial charge in [-0.3, -0.25) is 9.78 Å². The van der Waals surface area contributed by atoms with Gasteiger partial charge in [0.25, 0.3) is 5.91 Å². The van der Waals surface area contributed by atoms with E-state index in [2.05, 4.69) is 10.3 Å². The predicted octanol–water partition coefficient (Wildman–Crippen LogP) is 2.33. The molecule has 0 aliphatic carbocycles. The van der Waals surface area contributed by atoms with E-state index in [0.29, 0.717) is 6.54 Å². The highest BCUT2D eigenvalue weighted by atomic mass is 16.5. The van der Waals surface area contributed by atoms with Gasteiger partial charge in [-0.25, -0.2) is 0 Å². The topological polar surface area (TPSA) is 63.7 Å². The Labute approximate surface area is 153 Å². The molecule has 1 aromatic carbocycles. The molecule has 1 saturated heterocycles. The number of nitrogens with one attached hydrogen (secondary N) is 1. The SMILES string of the molecule is COc1cc(CN2C(=O)c3cccnc3C23CCNCC3)cc(OC)c1. The first kappa shape index (κ1) is 16.8. The van der Waals surface area contributed by atoms with E-state index < -0.39 is 0 Å². The lowest BCUT2D eigenvalue weighted by molar-refractivity contribution is 0.0401. The van der Waals surface area contributed by atoms with E-state index in [4.69, 9.17) is 9.47 Å². The van der Waals surface area contributed by atoms with Crippen molar-refractivity contribution in [2.45, 2.75) is 24.9 Å². The van der Waals surface area contributed by atoms with Gasteiger partial charge in [0, 0.05) is 18.8 Å². The number of carbonyl (C=O) groups is 1. The second-order valence-electron chi connectivity index (χ2n) is 6.79. The second kappa shape index (κ2) is 6.61. The fourth-order valence-electron chi connectivity index (χ4n) is 4.13. The highest BCUT2D eigenvalue weighted by Gasteiger charge is 2.50. The zero-order chi connectivity index (χ0) is 18.1. The van der Waals surface area contributed by atoms with Gasteiger partial charge in [-0.05, 0) is 55.8 Å². The fourth-order valence-corrected chi connectivity index (χ4v) is 4.13. The van der Waals surface area contributed by atoms with Gasteiger partial charge in [-0.1, -0.05) is 0 Å². The summed E-state index contributed by atoms with van der Waals surface area (Å²) in [4.78, 5) is 19.8. The number of amides is 1. The number of piperidine rings is 1. The quantitative estimate of drug-likeness (QED) is 0.914. The standard InChI is InChI=1S/C20H23N3O3/c1-25-15-10-14(11-16(12-15)26-2)13-23-19(24)17-4-3-7-22-18(17)20(23)5-8-21-9-6-20/h3-4,7,10-12,21H,5-6,8-9,13H2,1-2H3. The minimum absolute atomic E-state index is 0.0526. The van der Waals surface area contributed by atoms with E-state index in [1.807, 2.05) is 35.2 Å². The van der Waals surface area contributed by atoms with Crippen LogP contribution in [0.2, 0.25) is 0 Å². The summed E-state index contributed by atoms with van der Waals surface area (Å²) in [5.74, 6) is 1.50. The monoisotopic (exact) mass is 353 g/mol. The summed E-state index contributed by atoms with van der Waals surface area (Å²) in [7, 11) is 3.27. The van der Waals surface area contributed by atoms with Crippen molar-refractivity contribution in [3.05, 3.63) is 53.3 Å². The van der Waals surface area contributed by atoms with Crippen LogP contribution in [-0.2, 0) is 12.1 Å². The van der Waals surface area contributed by atoms with Crippen molar-refractivity contribution in [1.82, 2.24) is 15.2 Å². The zero-order valence-electron chi connectivity index (χ0n) is 15.1. The highest BCUT2D eigenvalue weighted by Crippen LogP contribution is 2.45. The van der Waals surface area contributed by atoms with Gasteiger partial charge in [0.15, 0.2) is 0 Å². The molecule has 1 fully saturated rings. The average molecular weight is 353 g/mol. The van der Waals surface area contributed by atoms with Crippen LogP contribution in [0.3, 0.4) is 0 Å². The van der Waals surface area contributed by atoms with E-state index >= 15 is 0 Å². The number of benzene rings is 1. The van der Waals surface area contributed by atoms with Crippen molar-refractivity contribution < 1.29 is 14.3 Å². The first-order valence-corrected chi connectivity index (χ1v) is 8.88. The Bertz CT molecular complexity index is 809. The lowest BCUT2D eigenvalue weighted by Crippen LogP contribution is -2.50. The summed E-state index contributed by atoms with van der Waals surface area (Å²) in [6.07, 6.45) is 3.52. The summed E-state index contributed by atoms with van der Waals surface area (Å²) in [5.41, 5.74) is 2.29. The van der Waals surface area contributed by atoms with Crippen LogP contribution in [0, 0.1) is 0 Å². The molecule has 1 aromatic heterocycles. The number of aromatic nitrogens is 1. The van der Waals surface area contributed by atoms with Gasteiger partial charge in [0.2, 0.25) is 0 Å². The van der Waals surface area contributed by atoms with Crippen LogP contribution < -0.4 is 14.8 Å². The summed E-state index contributed by atoms with van der Waals surface area (Å²) in [6, 6.07) is 9.48. The predicted molar refractivity (Wildman–Crippen MR) is 97.4 cm³/mol. The Morgan fingerprint density at radius 3 is 2.50 bits per heavy atom. The zero-order valence-corrected chi connectivity index (χ0v) is 15.1. The lowest BCUT2D eigenvalue weighted by atomic mass is 9.84. The maximum Gasteiger partial charge on any atom is 0.256 e. The third kappa shape index (κ3) is 2.61. The maximum atomic E-state index is 13.2. The van der Waals surface area contributed by atoms with Crippen molar-refractivity contribution in [3.63, 3.8) is 0 Å². The Balaban J connectivity index is 1.75. The molecule has 1 spiro atoms. The fraction of sp³-hybridized carbons (Fsp3) is 0.400. The van der Waals surface area contributed by atoms with Crippen LogP contribution in [0.15, 0.2) is 36.5 Å². The third-order valence-electron chi connectivity index (χ3n) is 5.42. The maximum absolute atomic E-state index is 13.2. The number of nitrogens with zero attached hydrogens (tertiary/aromatic N) is 2. The number of fused-ring (bicyclic) bond motifs is 2. The van der Waals surface area contributed by atoms with Crippen LogP contribution >= 0.6 is 0 Å². The van der Waals surface area contributed by atoms with Gasteiger partial charge < -0.3 is 19.7 Å². The van der Waals surface area contributed by atoms with E-state index in [1.54, 1.807) is 20.4 Å². The van der Waals surface area contributed by atoms with E-state index in [9.17, 15) is 4.79 Å². The van der Waals surface area contributed by atoms with Crippen LogP contribution in [0.25, 0.3) is 0 Å². The lowest BCUT2D eigenvalue weighted by Gasteiger charge is -2.41. The van der Waals surface area contributed by atoms with Crippen molar-refractivity contribution in [2.75, 3.05) is 27.3 Å². The Morgan fingerprint density at radius 1 is 1.15 bits per heavy atom. The second-order valence-corrected chi connectivity index (χ2v) is 6.79. The largest absolute Gasteiger partial charge is 0.497 e. The van der Waals surface area contributed by atoms with Gasteiger partial charge in [-0.15, -0.1) is 0 Å². The normalized spacial score (nSPS) is 18.1. The first-order chi connectivity index (χ1) is 12.7. The number of ether oxygens (including phenoxy) is 2. The molecule has 0 radical (unpaired) electrons. The van der Waals surface area contributed by atoms with Gasteiger partial charge in [0.05, 0.1) is 31.0 Å². The highest BCUT2D eigenvalue weighted by molar-refractivity contribution is 5.99. The van der Waals surface area contributed by atoms with Crippen molar-refractivity contribution in [2.24, 2.45) is 0 Å². The van der Waals surface area contributed by atoms with Crippen LogP contribution in [0.5, 0.6) is 11.5 Å². The molecule has 2 aliphatic heterocycles. The summed E-state index contributed by atoms with van der Waals surface area (Å²) >= 11 is 0. The average Bonchev–Trinajstić information content (AvgIpc) is 2.91. The molecule has 1 amide bonds. The van der Waals surface area contributed by atoms with Crippen molar-refractivity contribution in [3.8, 4) is 11.5 Å². The molecule has 0 atom stereocenters. The van der Waals surface area contributed by atoms with E-state index in [1.165, 1.54) is 0 Å². The summed E-state index contributed by atoms with van der Waals surface area (Å²) < 4.78 is 10.8. The number of hydrogen-bond acceptors (Lipinski definition) is 5. The number of carbonyl (C=O) groups excluding carboxylic acids is 1. The van der Waals surface area contributed by atoms with E-state index in [0.717, 1.165) is 54.3 Å². The molecule has 2 aliphatic rings. The Morgan fingerprint density at radius 2 is 1.85 bits per heavy atom. The molecule has 4 rings (SSSR count). The smallest absolute Gasteiger partial charge is 0.256 e. The molecule has 1 N–H and O–H groups in total. The molecule has 0 unspecified atom stereocenters. The minimum Gasteiger partial charge on any atom is -0.497 e. The first-order valence-electron chi connectivity index (χ1n) is 8.88. The van der Waals surface area contributed by atoms with E-state index in [-0.39, 0.29) is 11.4 Å². The van der Waals surface area contributed by atoms with Crippen LogP contribution in [0.4, 0.5) is 0 Å². The van der Waals surface area contributed by atoms with Gasteiger partial charge >= 0.3 is 0 Å². The molecular weight excluding hydrogens is 330 g/mol. The minimum atomic E-state index is -0.338. The molecule has 6 nitrogen and oxygen atoms in total. The molecule has 2 aromatic rings. The number of rotatable bonds is 4. The molecule has 0 saturated carbocycles. The molecule has 0 bridgehead atoms. The molecule has 136 valence electrons. The van der Waals surface area contributed by atoms with Crippen molar-refractivity contribution in [1.29, 1.82) is 0 Å². The van der Waals surface area contributed by atoms with Gasteiger partial charge in [0.1, 0.15) is 11.5 Å².